The Morgan fingerprint density at radius 1 is 0.923 bits per heavy atom. The third kappa shape index (κ3) is 5.48. The summed E-state index contributed by atoms with van der Waals surface area (Å²) in [5.74, 6) is -0.494. The van der Waals surface area contributed by atoms with Crippen molar-refractivity contribution in [1.29, 1.82) is 0 Å². The molecular weight excluding hydrogens is 494 g/mol. The largest absolute Gasteiger partial charge is 0.506 e. The summed E-state index contributed by atoms with van der Waals surface area (Å²) < 4.78 is 16.6. The monoisotopic (exact) mass is 529 g/mol. The van der Waals surface area contributed by atoms with Gasteiger partial charge in [-0.05, 0) is 53.3 Å². The predicted molar refractivity (Wildman–Crippen MR) is 150 cm³/mol. The fourth-order valence-corrected chi connectivity index (χ4v) is 4.87. The van der Waals surface area contributed by atoms with Crippen LogP contribution in [-0.4, -0.2) is 42.5 Å². The van der Waals surface area contributed by atoms with Gasteiger partial charge in [0.1, 0.15) is 28.6 Å². The van der Waals surface area contributed by atoms with Crippen LogP contribution in [-0.2, 0) is 21.5 Å². The second kappa shape index (κ2) is 11.2. The average Bonchev–Trinajstić information content (AvgIpc) is 3.17. The molecule has 0 aromatic heterocycles. The highest BCUT2D eigenvalue weighted by atomic mass is 16.5. The van der Waals surface area contributed by atoms with Crippen molar-refractivity contribution in [2.75, 3.05) is 20.8 Å². The number of likely N-dealkylation sites (tertiary alicyclic amines) is 1. The lowest BCUT2D eigenvalue weighted by atomic mass is 9.85. The highest BCUT2D eigenvalue weighted by Gasteiger charge is 2.46. The van der Waals surface area contributed by atoms with Crippen molar-refractivity contribution in [2.45, 2.75) is 45.7 Å². The van der Waals surface area contributed by atoms with Crippen molar-refractivity contribution in [2.24, 2.45) is 0 Å². The van der Waals surface area contributed by atoms with E-state index in [4.69, 9.17) is 14.2 Å². The summed E-state index contributed by atoms with van der Waals surface area (Å²) in [7, 11) is 2.94. The number of hydrogen-bond donors (Lipinski definition) is 1. The molecule has 1 heterocycles. The Labute approximate surface area is 229 Å². The van der Waals surface area contributed by atoms with Crippen LogP contribution in [0.25, 0.3) is 5.76 Å². The number of aliphatic hydroxyl groups excluding tert-OH is 1. The van der Waals surface area contributed by atoms with E-state index < -0.39 is 17.7 Å². The van der Waals surface area contributed by atoms with E-state index in [2.05, 4.69) is 20.8 Å². The van der Waals surface area contributed by atoms with Crippen molar-refractivity contribution in [1.82, 2.24) is 4.90 Å². The number of nitrogens with zero attached hydrogens (tertiary/aromatic N) is 1. The molecule has 0 aliphatic carbocycles. The fraction of sp³-hybridized carbons (Fsp3) is 0.312. The Kier molecular flexibility index (Phi) is 8.00. The molecule has 1 atom stereocenters. The second-order valence-corrected chi connectivity index (χ2v) is 10.4. The number of methoxy groups -OCH3 is 2. The average molecular weight is 530 g/mol. The van der Waals surface area contributed by atoms with Crippen LogP contribution in [0.15, 0.2) is 72.3 Å². The molecule has 39 heavy (non-hydrogen) atoms. The van der Waals surface area contributed by atoms with E-state index in [1.54, 1.807) is 18.2 Å². The van der Waals surface area contributed by atoms with E-state index in [1.807, 2.05) is 55.5 Å². The number of carbonyl (C=O) groups is 2. The quantitative estimate of drug-likeness (QED) is 0.218. The Morgan fingerprint density at radius 3 is 2.10 bits per heavy atom. The zero-order valence-electron chi connectivity index (χ0n) is 23.3. The topological polar surface area (TPSA) is 85.3 Å². The molecule has 0 spiro atoms. The van der Waals surface area contributed by atoms with Crippen LogP contribution in [0.1, 0.15) is 56.0 Å². The van der Waals surface area contributed by atoms with Crippen LogP contribution >= 0.6 is 0 Å². The van der Waals surface area contributed by atoms with Crippen LogP contribution in [0.4, 0.5) is 0 Å². The number of carbonyl (C=O) groups excluding carboxylic acids is 2. The lowest BCUT2D eigenvalue weighted by molar-refractivity contribution is -0.140. The van der Waals surface area contributed by atoms with Crippen LogP contribution in [0, 0.1) is 0 Å². The van der Waals surface area contributed by atoms with E-state index in [9.17, 15) is 14.7 Å². The van der Waals surface area contributed by atoms with Gasteiger partial charge in [0.2, 0.25) is 0 Å². The smallest absolute Gasteiger partial charge is 0.295 e. The van der Waals surface area contributed by atoms with Crippen molar-refractivity contribution in [3.63, 3.8) is 0 Å². The first-order valence-corrected chi connectivity index (χ1v) is 12.9. The Hall–Kier alpha value is -4.26. The standard InChI is InChI=1S/C32H35NO6/c1-7-39-23-11-8-10-20(18-23)19-33-28(21-14-16-22(17-15-21)32(2,3)4)27(30(35)31(33)36)29(34)26-24(37-5)12-9-13-25(26)38-6/h8-18,28,34H,7,19H2,1-6H3/b29-27+. The second-order valence-electron chi connectivity index (χ2n) is 10.4. The Bertz CT molecular complexity index is 1380. The molecule has 1 aliphatic heterocycles. The van der Waals surface area contributed by atoms with Gasteiger partial charge in [-0.25, -0.2) is 0 Å². The molecule has 1 unspecified atom stereocenters. The third-order valence-corrected chi connectivity index (χ3v) is 6.86. The first kappa shape index (κ1) is 27.8. The highest BCUT2D eigenvalue weighted by molar-refractivity contribution is 6.46. The molecule has 3 aromatic carbocycles. The summed E-state index contributed by atoms with van der Waals surface area (Å²) in [5, 5.41) is 11.6. The van der Waals surface area contributed by atoms with E-state index in [0.717, 1.165) is 11.1 Å². The molecule has 204 valence electrons. The van der Waals surface area contributed by atoms with Gasteiger partial charge < -0.3 is 24.2 Å². The molecule has 1 aliphatic rings. The number of ketones is 1. The minimum atomic E-state index is -0.829. The minimum Gasteiger partial charge on any atom is -0.506 e. The van der Waals surface area contributed by atoms with Crippen molar-refractivity contribution in [3.05, 3.63) is 94.6 Å². The molecule has 1 fully saturated rings. The Balaban J connectivity index is 1.90. The van der Waals surface area contributed by atoms with E-state index >= 15 is 0 Å². The van der Waals surface area contributed by atoms with E-state index in [-0.39, 0.29) is 28.9 Å². The summed E-state index contributed by atoms with van der Waals surface area (Å²) in [5.41, 5.74) is 2.74. The van der Waals surface area contributed by atoms with Gasteiger partial charge in [0, 0.05) is 6.54 Å². The SMILES string of the molecule is CCOc1cccc(CN2C(=O)C(=O)/C(=C(/O)c3c(OC)cccc3OC)C2c2ccc(C(C)(C)C)cc2)c1. The zero-order chi connectivity index (χ0) is 28.3. The van der Waals surface area contributed by atoms with Gasteiger partial charge in [0.05, 0.1) is 32.4 Å². The molecule has 0 radical (unpaired) electrons. The molecule has 7 nitrogen and oxygen atoms in total. The summed E-state index contributed by atoms with van der Waals surface area (Å²) in [6.07, 6.45) is 0. The number of benzene rings is 3. The fourth-order valence-electron chi connectivity index (χ4n) is 4.87. The predicted octanol–water partition coefficient (Wildman–Crippen LogP) is 6.02. The molecule has 0 bridgehead atoms. The van der Waals surface area contributed by atoms with Gasteiger partial charge in [-0.2, -0.15) is 0 Å². The number of ether oxygens (including phenoxy) is 3. The molecule has 7 heteroatoms. The van der Waals surface area contributed by atoms with E-state index in [0.29, 0.717) is 29.4 Å². The van der Waals surface area contributed by atoms with Gasteiger partial charge in [0.15, 0.2) is 0 Å². The maximum Gasteiger partial charge on any atom is 0.295 e. The van der Waals surface area contributed by atoms with Crippen LogP contribution < -0.4 is 14.2 Å². The van der Waals surface area contributed by atoms with Gasteiger partial charge in [-0.15, -0.1) is 0 Å². The normalized spacial score (nSPS) is 16.9. The number of Topliss-reactive ketones (excluding diaryl/α,β-unsaturated/α-hetero) is 1. The van der Waals surface area contributed by atoms with Crippen molar-refractivity contribution >= 4 is 17.4 Å². The maximum atomic E-state index is 13.6. The lowest BCUT2D eigenvalue weighted by Gasteiger charge is -2.27. The third-order valence-electron chi connectivity index (χ3n) is 6.86. The molecule has 1 saturated heterocycles. The van der Waals surface area contributed by atoms with Gasteiger partial charge in [-0.1, -0.05) is 63.2 Å². The molecular formula is C32H35NO6. The molecule has 1 amide bonds. The number of rotatable bonds is 8. The number of hydrogen-bond acceptors (Lipinski definition) is 6. The van der Waals surface area contributed by atoms with Gasteiger partial charge in [-0.3, -0.25) is 9.59 Å². The zero-order valence-corrected chi connectivity index (χ0v) is 23.3. The number of aliphatic hydroxyl groups is 1. The first-order chi connectivity index (χ1) is 18.6. The highest BCUT2D eigenvalue weighted by Crippen LogP contribution is 2.44. The minimum absolute atomic E-state index is 0.0210. The van der Waals surface area contributed by atoms with Crippen LogP contribution in [0.3, 0.4) is 0 Å². The Morgan fingerprint density at radius 2 is 1.54 bits per heavy atom. The molecule has 3 aromatic rings. The summed E-state index contributed by atoms with van der Waals surface area (Å²) in [4.78, 5) is 28.6. The van der Waals surface area contributed by atoms with Gasteiger partial charge in [0.25, 0.3) is 11.7 Å². The molecule has 1 N–H and O–H groups in total. The van der Waals surface area contributed by atoms with Gasteiger partial charge >= 0.3 is 0 Å². The first-order valence-electron chi connectivity index (χ1n) is 12.9. The summed E-state index contributed by atoms with van der Waals surface area (Å²) in [6.45, 7) is 8.92. The summed E-state index contributed by atoms with van der Waals surface area (Å²) in [6, 6.07) is 19.5. The van der Waals surface area contributed by atoms with E-state index in [1.165, 1.54) is 19.1 Å². The van der Waals surface area contributed by atoms with Crippen LogP contribution in [0.2, 0.25) is 0 Å². The van der Waals surface area contributed by atoms with Crippen molar-refractivity contribution in [3.8, 4) is 17.2 Å². The van der Waals surface area contributed by atoms with Crippen LogP contribution in [0.5, 0.6) is 17.2 Å². The summed E-state index contributed by atoms with van der Waals surface area (Å²) >= 11 is 0. The lowest BCUT2D eigenvalue weighted by Crippen LogP contribution is -2.29. The molecule has 0 saturated carbocycles. The van der Waals surface area contributed by atoms with Crippen molar-refractivity contribution < 1.29 is 28.9 Å². The molecule has 4 rings (SSSR count). The number of amides is 1. The maximum absolute atomic E-state index is 13.6.